The molecule has 0 saturated heterocycles. The van der Waals surface area contributed by atoms with E-state index in [1.54, 1.807) is 0 Å². The molecule has 1 heterocycles. The summed E-state index contributed by atoms with van der Waals surface area (Å²) in [6.07, 6.45) is 4.15. The summed E-state index contributed by atoms with van der Waals surface area (Å²) in [5.74, 6) is 0. The van der Waals surface area contributed by atoms with Gasteiger partial charge in [-0.15, -0.1) is 0 Å². The van der Waals surface area contributed by atoms with Gasteiger partial charge in [0, 0.05) is 11.3 Å². The van der Waals surface area contributed by atoms with Crippen LogP contribution in [-0.4, -0.2) is 7.05 Å². The summed E-state index contributed by atoms with van der Waals surface area (Å²) >= 11 is 0. The maximum absolute atomic E-state index is 3.35. The Hall–Kier alpha value is -1.28. The smallest absolute Gasteiger partial charge is 0.0629 e. The lowest BCUT2D eigenvalue weighted by atomic mass is 9.85. The van der Waals surface area contributed by atoms with Crippen LogP contribution in [-0.2, 0) is 5.54 Å². The zero-order valence-corrected chi connectivity index (χ0v) is 10.9. The summed E-state index contributed by atoms with van der Waals surface area (Å²) in [4.78, 5) is 0. The van der Waals surface area contributed by atoms with Crippen LogP contribution in [0.2, 0.25) is 0 Å². The van der Waals surface area contributed by atoms with Crippen molar-refractivity contribution in [2.75, 3.05) is 12.4 Å². The minimum absolute atomic E-state index is 0.0497. The third-order valence-electron chi connectivity index (χ3n) is 2.97. The van der Waals surface area contributed by atoms with Gasteiger partial charge in [-0.05, 0) is 44.8 Å². The molecule has 0 spiro atoms. The van der Waals surface area contributed by atoms with Gasteiger partial charge in [-0.2, -0.15) is 0 Å². The van der Waals surface area contributed by atoms with Crippen molar-refractivity contribution in [3.63, 3.8) is 0 Å². The lowest BCUT2D eigenvalue weighted by Gasteiger charge is -2.33. The van der Waals surface area contributed by atoms with Crippen LogP contribution < -0.4 is 10.6 Å². The molecule has 2 nitrogen and oxygen atoms in total. The van der Waals surface area contributed by atoms with E-state index >= 15 is 0 Å². The van der Waals surface area contributed by atoms with Crippen molar-refractivity contribution in [3.8, 4) is 0 Å². The van der Waals surface area contributed by atoms with Crippen LogP contribution in [0.5, 0.6) is 0 Å². The van der Waals surface area contributed by atoms with E-state index < -0.39 is 0 Å². The molecule has 0 aliphatic carbocycles. The average Bonchev–Trinajstić information content (AvgIpc) is 2.32. The van der Waals surface area contributed by atoms with Crippen LogP contribution in [0.1, 0.15) is 31.9 Å². The van der Waals surface area contributed by atoms with E-state index in [-0.39, 0.29) is 5.54 Å². The number of fused-ring (bicyclic) bond motifs is 1. The number of benzene rings is 1. The summed E-state index contributed by atoms with van der Waals surface area (Å²) in [5.41, 5.74) is 3.80. The number of nitrogens with one attached hydrogen (secondary N) is 2. The molecule has 0 saturated carbocycles. The van der Waals surface area contributed by atoms with E-state index in [2.05, 4.69) is 48.8 Å². The summed E-state index contributed by atoms with van der Waals surface area (Å²) in [6, 6.07) is 6.34. The van der Waals surface area contributed by atoms with Crippen molar-refractivity contribution in [2.24, 2.45) is 0 Å². The van der Waals surface area contributed by atoms with Crippen LogP contribution in [0, 0.1) is 6.92 Å². The Kier molecular flexibility index (Phi) is 4.13. The van der Waals surface area contributed by atoms with Gasteiger partial charge in [0.2, 0.25) is 0 Å². The summed E-state index contributed by atoms with van der Waals surface area (Å²) in [7, 11) is 1.99. The Morgan fingerprint density at radius 3 is 2.56 bits per heavy atom. The Balaban J connectivity index is 0.000000606. The Morgan fingerprint density at radius 2 is 1.94 bits per heavy atom. The predicted molar refractivity (Wildman–Crippen MR) is 71.7 cm³/mol. The molecule has 1 aliphatic heterocycles. The SMILES string of the molecule is CC.CNC1(C)C=CNc2cccc(C)c21. The molecule has 1 aliphatic rings. The van der Waals surface area contributed by atoms with Crippen molar-refractivity contribution < 1.29 is 0 Å². The molecule has 0 aromatic heterocycles. The van der Waals surface area contributed by atoms with Crippen molar-refractivity contribution >= 4 is 5.69 Å². The zero-order valence-electron chi connectivity index (χ0n) is 10.9. The molecule has 88 valence electrons. The molecule has 1 aromatic carbocycles. The maximum atomic E-state index is 3.35. The molecule has 1 aromatic rings. The first-order valence-electron chi connectivity index (χ1n) is 5.90. The molecule has 1 atom stereocenters. The fourth-order valence-corrected chi connectivity index (χ4v) is 2.07. The Morgan fingerprint density at radius 1 is 1.25 bits per heavy atom. The molecule has 0 radical (unpaired) electrons. The first-order chi connectivity index (χ1) is 7.67. The van der Waals surface area contributed by atoms with Gasteiger partial charge in [0.15, 0.2) is 0 Å². The number of aryl methyl sites for hydroxylation is 1. The highest BCUT2D eigenvalue weighted by atomic mass is 15.0. The fraction of sp³-hybridized carbons (Fsp3) is 0.429. The number of hydrogen-bond donors (Lipinski definition) is 2. The van der Waals surface area contributed by atoms with Crippen LogP contribution in [0.15, 0.2) is 30.5 Å². The van der Waals surface area contributed by atoms with Gasteiger partial charge in [0.1, 0.15) is 0 Å². The molecular weight excluding hydrogens is 196 g/mol. The molecule has 2 heteroatoms. The van der Waals surface area contributed by atoms with Crippen LogP contribution >= 0.6 is 0 Å². The van der Waals surface area contributed by atoms with Gasteiger partial charge in [-0.25, -0.2) is 0 Å². The summed E-state index contributed by atoms with van der Waals surface area (Å²) < 4.78 is 0. The van der Waals surface area contributed by atoms with Crippen LogP contribution in [0.3, 0.4) is 0 Å². The van der Waals surface area contributed by atoms with Gasteiger partial charge >= 0.3 is 0 Å². The largest absolute Gasteiger partial charge is 0.362 e. The molecule has 1 unspecified atom stereocenters. The summed E-state index contributed by atoms with van der Waals surface area (Å²) in [6.45, 7) is 8.34. The van der Waals surface area contributed by atoms with E-state index in [0.29, 0.717) is 0 Å². The first kappa shape index (κ1) is 12.8. The first-order valence-corrected chi connectivity index (χ1v) is 5.90. The molecule has 0 bridgehead atoms. The molecular formula is C14H22N2. The Bertz CT molecular complexity index is 382. The minimum Gasteiger partial charge on any atom is -0.362 e. The molecule has 0 fully saturated rings. The van der Waals surface area contributed by atoms with Gasteiger partial charge in [-0.1, -0.05) is 26.0 Å². The number of hydrogen-bond acceptors (Lipinski definition) is 2. The molecule has 16 heavy (non-hydrogen) atoms. The van der Waals surface area contributed by atoms with Gasteiger partial charge in [-0.3, -0.25) is 0 Å². The fourth-order valence-electron chi connectivity index (χ4n) is 2.07. The summed E-state index contributed by atoms with van der Waals surface area (Å²) in [5, 5.41) is 6.62. The van der Waals surface area contributed by atoms with Crippen molar-refractivity contribution in [2.45, 2.75) is 33.2 Å². The topological polar surface area (TPSA) is 24.1 Å². The van der Waals surface area contributed by atoms with Gasteiger partial charge in [0.05, 0.1) is 5.54 Å². The minimum atomic E-state index is -0.0497. The normalized spacial score (nSPS) is 21.6. The highest BCUT2D eigenvalue weighted by Crippen LogP contribution is 2.34. The number of rotatable bonds is 1. The predicted octanol–water partition coefficient (Wildman–Crippen LogP) is 3.40. The highest BCUT2D eigenvalue weighted by Gasteiger charge is 2.28. The van der Waals surface area contributed by atoms with E-state index in [0.717, 1.165) is 0 Å². The average molecular weight is 218 g/mol. The van der Waals surface area contributed by atoms with Gasteiger partial charge < -0.3 is 10.6 Å². The van der Waals surface area contributed by atoms with Crippen molar-refractivity contribution in [1.29, 1.82) is 0 Å². The second-order valence-corrected chi connectivity index (χ2v) is 3.93. The number of anilines is 1. The van der Waals surface area contributed by atoms with Gasteiger partial charge in [0.25, 0.3) is 0 Å². The van der Waals surface area contributed by atoms with E-state index in [1.165, 1.54) is 16.8 Å². The molecule has 2 N–H and O–H groups in total. The van der Waals surface area contributed by atoms with Crippen molar-refractivity contribution in [1.82, 2.24) is 5.32 Å². The third kappa shape index (κ3) is 2.12. The standard InChI is InChI=1S/C12H16N2.C2H6/c1-9-5-4-6-10-11(9)12(2,13-3)7-8-14-10;1-2/h4-8,13-14H,1-3H3;1-2H3. The van der Waals surface area contributed by atoms with E-state index in [9.17, 15) is 0 Å². The second-order valence-electron chi connectivity index (χ2n) is 3.93. The van der Waals surface area contributed by atoms with E-state index in [4.69, 9.17) is 0 Å². The second kappa shape index (κ2) is 5.17. The maximum Gasteiger partial charge on any atom is 0.0629 e. The Labute approximate surface area is 98.8 Å². The van der Waals surface area contributed by atoms with Crippen molar-refractivity contribution in [3.05, 3.63) is 41.6 Å². The highest BCUT2D eigenvalue weighted by molar-refractivity contribution is 5.62. The van der Waals surface area contributed by atoms with Crippen LogP contribution in [0.4, 0.5) is 5.69 Å². The lowest BCUT2D eigenvalue weighted by molar-refractivity contribution is 0.499. The quantitative estimate of drug-likeness (QED) is 0.755. The third-order valence-corrected chi connectivity index (χ3v) is 2.97. The lowest BCUT2D eigenvalue weighted by Crippen LogP contribution is -2.37. The molecule has 0 amide bonds. The molecule has 2 rings (SSSR count). The zero-order chi connectivity index (χ0) is 12.2. The monoisotopic (exact) mass is 218 g/mol. The van der Waals surface area contributed by atoms with E-state index in [1.807, 2.05) is 27.1 Å². The number of likely N-dealkylation sites (N-methyl/N-ethyl adjacent to an activating group) is 1. The van der Waals surface area contributed by atoms with Crippen LogP contribution in [0.25, 0.3) is 0 Å².